The first kappa shape index (κ1) is 15.0. The second kappa shape index (κ2) is 6.19. The van der Waals surface area contributed by atoms with E-state index in [9.17, 15) is 4.79 Å². The topological polar surface area (TPSA) is 42.0 Å². The first-order chi connectivity index (χ1) is 8.28. The zero-order valence-electron chi connectivity index (χ0n) is 11.5. The van der Waals surface area contributed by atoms with Crippen LogP contribution in [-0.2, 0) is 4.79 Å². The Hall–Kier alpha value is -1.09. The van der Waals surface area contributed by atoms with E-state index in [1.54, 1.807) is 18.3 Å². The van der Waals surface area contributed by atoms with Crippen molar-refractivity contribution in [2.75, 3.05) is 5.32 Å². The van der Waals surface area contributed by atoms with Gasteiger partial charge in [0, 0.05) is 12.6 Å². The van der Waals surface area contributed by atoms with Crippen LogP contribution in [0.25, 0.3) is 0 Å². The number of carbonyl (C=O) groups excluding carboxylic acids is 1. The number of hydrogen-bond acceptors (Lipinski definition) is 2. The molecule has 0 fully saturated rings. The normalized spacial score (nSPS) is 13.2. The Morgan fingerprint density at radius 3 is 2.72 bits per heavy atom. The number of carbonyl (C=O) groups is 1. The summed E-state index contributed by atoms with van der Waals surface area (Å²) in [7, 11) is 0. The van der Waals surface area contributed by atoms with Crippen molar-refractivity contribution in [1.82, 2.24) is 4.98 Å². The Bertz CT molecular complexity index is 413. The third-order valence-corrected chi connectivity index (χ3v) is 2.82. The van der Waals surface area contributed by atoms with Crippen molar-refractivity contribution in [3.63, 3.8) is 0 Å². The molecule has 18 heavy (non-hydrogen) atoms. The highest BCUT2D eigenvalue weighted by atomic mass is 35.5. The maximum Gasteiger partial charge on any atom is 0.225 e. The average Bonchev–Trinajstić information content (AvgIpc) is 2.18. The molecule has 4 heteroatoms. The highest BCUT2D eigenvalue weighted by Crippen LogP contribution is 2.26. The number of nitrogens with zero attached hydrogens (tertiary/aromatic N) is 1. The van der Waals surface area contributed by atoms with Gasteiger partial charge in [0.1, 0.15) is 0 Å². The van der Waals surface area contributed by atoms with Gasteiger partial charge in [-0.1, -0.05) is 39.3 Å². The summed E-state index contributed by atoms with van der Waals surface area (Å²) < 4.78 is 0. The molecule has 0 bridgehead atoms. The maximum atomic E-state index is 11.9. The van der Waals surface area contributed by atoms with Crippen molar-refractivity contribution in [2.24, 2.45) is 11.3 Å². The van der Waals surface area contributed by atoms with Crippen LogP contribution in [0, 0.1) is 11.3 Å². The van der Waals surface area contributed by atoms with E-state index in [-0.39, 0.29) is 11.3 Å². The molecule has 0 aromatic carbocycles. The zero-order valence-corrected chi connectivity index (χ0v) is 12.2. The Morgan fingerprint density at radius 1 is 1.50 bits per heavy atom. The molecule has 3 nitrogen and oxygen atoms in total. The van der Waals surface area contributed by atoms with Gasteiger partial charge in [-0.25, -0.2) is 4.98 Å². The van der Waals surface area contributed by atoms with Crippen molar-refractivity contribution < 1.29 is 4.79 Å². The zero-order chi connectivity index (χ0) is 13.8. The molecule has 0 spiro atoms. The van der Waals surface area contributed by atoms with Crippen molar-refractivity contribution in [3.8, 4) is 0 Å². The predicted octanol–water partition coefficient (Wildman–Crippen LogP) is 4.14. The first-order valence-corrected chi connectivity index (χ1v) is 6.56. The predicted molar refractivity (Wildman–Crippen MR) is 75.7 cm³/mol. The lowest BCUT2D eigenvalue weighted by molar-refractivity contribution is -0.117. The van der Waals surface area contributed by atoms with Crippen LogP contribution in [0.3, 0.4) is 0 Å². The Labute approximate surface area is 114 Å². The van der Waals surface area contributed by atoms with E-state index in [0.29, 0.717) is 23.2 Å². The summed E-state index contributed by atoms with van der Waals surface area (Å²) >= 11 is 5.93. The molecule has 0 aliphatic rings. The number of amides is 1. The van der Waals surface area contributed by atoms with Gasteiger partial charge in [0.25, 0.3) is 0 Å². The smallest absolute Gasteiger partial charge is 0.225 e. The number of anilines is 1. The average molecular weight is 269 g/mol. The summed E-state index contributed by atoms with van der Waals surface area (Å²) in [5.41, 5.74) is 0.238. The van der Waals surface area contributed by atoms with Crippen LogP contribution in [0.2, 0.25) is 5.02 Å². The lowest BCUT2D eigenvalue weighted by Crippen LogP contribution is -2.19. The molecule has 1 N–H and O–H groups in total. The minimum atomic E-state index is -0.0349. The molecule has 0 aliphatic carbocycles. The number of nitrogens with one attached hydrogen (secondary N) is 1. The Balaban J connectivity index is 2.50. The summed E-state index contributed by atoms with van der Waals surface area (Å²) in [6.07, 6.45) is 3.11. The fraction of sp³-hybridized carbons (Fsp3) is 0.571. The second-order valence-corrected chi connectivity index (χ2v) is 6.36. The molecule has 0 aliphatic heterocycles. The highest BCUT2D eigenvalue weighted by Gasteiger charge is 2.18. The van der Waals surface area contributed by atoms with Gasteiger partial charge in [-0.2, -0.15) is 0 Å². The molecule has 100 valence electrons. The molecule has 1 aromatic heterocycles. The third kappa shape index (κ3) is 5.50. The largest absolute Gasteiger partial charge is 0.309 e. The van der Waals surface area contributed by atoms with Crippen LogP contribution >= 0.6 is 11.6 Å². The Morgan fingerprint density at radius 2 is 2.17 bits per heavy atom. The lowest BCUT2D eigenvalue weighted by atomic mass is 9.84. The van der Waals surface area contributed by atoms with Crippen LogP contribution in [0.15, 0.2) is 18.3 Å². The lowest BCUT2D eigenvalue weighted by Gasteiger charge is -2.22. The van der Waals surface area contributed by atoms with E-state index >= 15 is 0 Å². The third-order valence-electron chi connectivity index (χ3n) is 2.51. The van der Waals surface area contributed by atoms with E-state index in [0.717, 1.165) is 6.42 Å². The number of aromatic nitrogens is 1. The van der Waals surface area contributed by atoms with Crippen LogP contribution in [-0.4, -0.2) is 10.9 Å². The van der Waals surface area contributed by atoms with Gasteiger partial charge in [0.15, 0.2) is 5.82 Å². The van der Waals surface area contributed by atoms with Gasteiger partial charge in [-0.3, -0.25) is 4.79 Å². The number of halogens is 1. The molecule has 1 amide bonds. The van der Waals surface area contributed by atoms with Crippen molar-refractivity contribution in [2.45, 2.75) is 40.5 Å². The first-order valence-electron chi connectivity index (χ1n) is 6.18. The standard InChI is InChI=1S/C14H21ClN2O/c1-10(9-14(2,3)4)8-12(18)17-13-11(15)6-5-7-16-13/h5-7,10H,8-9H2,1-4H3,(H,16,17,18). The van der Waals surface area contributed by atoms with Gasteiger partial charge in [0.05, 0.1) is 5.02 Å². The second-order valence-electron chi connectivity index (χ2n) is 5.96. The fourth-order valence-corrected chi connectivity index (χ4v) is 2.26. The SMILES string of the molecule is CC(CC(=O)Nc1ncccc1Cl)CC(C)(C)C. The molecule has 0 radical (unpaired) electrons. The molecule has 1 rings (SSSR count). The van der Waals surface area contributed by atoms with Crippen LogP contribution in [0.1, 0.15) is 40.5 Å². The van der Waals surface area contributed by atoms with E-state index in [2.05, 4.69) is 38.0 Å². The minimum Gasteiger partial charge on any atom is -0.309 e. The molecule has 1 heterocycles. The monoisotopic (exact) mass is 268 g/mol. The fourth-order valence-electron chi connectivity index (χ4n) is 2.09. The van der Waals surface area contributed by atoms with E-state index in [1.807, 2.05) is 0 Å². The van der Waals surface area contributed by atoms with Gasteiger partial charge in [-0.05, 0) is 29.9 Å². The van der Waals surface area contributed by atoms with Gasteiger partial charge in [0.2, 0.25) is 5.91 Å². The minimum absolute atomic E-state index is 0.0349. The quantitative estimate of drug-likeness (QED) is 0.892. The highest BCUT2D eigenvalue weighted by molar-refractivity contribution is 6.33. The molecule has 0 saturated carbocycles. The number of hydrogen-bond donors (Lipinski definition) is 1. The Kier molecular flexibility index (Phi) is 5.15. The summed E-state index contributed by atoms with van der Waals surface area (Å²) in [6.45, 7) is 8.62. The van der Waals surface area contributed by atoms with E-state index < -0.39 is 0 Å². The summed E-state index contributed by atoms with van der Waals surface area (Å²) in [5.74, 6) is 0.743. The maximum absolute atomic E-state index is 11.9. The number of pyridine rings is 1. The molecule has 1 unspecified atom stereocenters. The van der Waals surface area contributed by atoms with E-state index in [1.165, 1.54) is 0 Å². The van der Waals surface area contributed by atoms with E-state index in [4.69, 9.17) is 11.6 Å². The van der Waals surface area contributed by atoms with Gasteiger partial charge < -0.3 is 5.32 Å². The van der Waals surface area contributed by atoms with Crippen molar-refractivity contribution >= 4 is 23.3 Å². The number of rotatable bonds is 4. The van der Waals surface area contributed by atoms with Gasteiger partial charge in [-0.15, -0.1) is 0 Å². The van der Waals surface area contributed by atoms with Crippen LogP contribution in [0.5, 0.6) is 0 Å². The summed E-state index contributed by atoms with van der Waals surface area (Å²) in [4.78, 5) is 15.9. The summed E-state index contributed by atoms with van der Waals surface area (Å²) in [6, 6.07) is 3.45. The van der Waals surface area contributed by atoms with Gasteiger partial charge >= 0.3 is 0 Å². The van der Waals surface area contributed by atoms with Crippen molar-refractivity contribution in [3.05, 3.63) is 23.4 Å². The molecular weight excluding hydrogens is 248 g/mol. The molecular formula is C14H21ClN2O. The summed E-state index contributed by atoms with van der Waals surface area (Å²) in [5, 5.41) is 3.21. The van der Waals surface area contributed by atoms with Crippen LogP contribution < -0.4 is 5.32 Å². The van der Waals surface area contributed by atoms with Crippen molar-refractivity contribution in [1.29, 1.82) is 0 Å². The molecule has 1 atom stereocenters. The van der Waals surface area contributed by atoms with Crippen LogP contribution in [0.4, 0.5) is 5.82 Å². The molecule has 1 aromatic rings. The molecule has 0 saturated heterocycles.